The Morgan fingerprint density at radius 2 is 1.00 bits per heavy atom. The molecule has 0 spiro atoms. The third-order valence-electron chi connectivity index (χ3n) is 0.387. The number of hydrogen-bond donors (Lipinski definition) is 4. The summed E-state index contributed by atoms with van der Waals surface area (Å²) in [6.07, 6.45) is -2.14. The Bertz CT molecular complexity index is 245. The zero-order valence-corrected chi connectivity index (χ0v) is 7.01. The summed E-state index contributed by atoms with van der Waals surface area (Å²) in [4.78, 5) is 41.7. The number of carbonyl (C=O) groups excluding carboxylic acids is 1. The molecule has 9 nitrogen and oxygen atoms in total. The van der Waals surface area contributed by atoms with Gasteiger partial charge in [-0.2, -0.15) is 0 Å². The van der Waals surface area contributed by atoms with Crippen molar-refractivity contribution in [3.63, 3.8) is 0 Å². The fourth-order valence-corrected chi connectivity index (χ4v) is 0.733. The number of phosphoric ester groups is 2. The predicted molar refractivity (Wildman–Crippen MR) is 60.3 cm³/mol. The van der Waals surface area contributed by atoms with Crippen LogP contribution in [0.25, 0.3) is 0 Å². The van der Waals surface area contributed by atoms with Gasteiger partial charge in [0, 0.05) is 0 Å². The molecule has 0 atom stereocenters. The van der Waals surface area contributed by atoms with E-state index in [-0.39, 0.29) is 241 Å². The molecule has 15 heteroatoms. The summed E-state index contributed by atoms with van der Waals surface area (Å²) in [5.41, 5.74) is 0. The van der Waals surface area contributed by atoms with E-state index in [1.807, 2.05) is 0 Å². The number of hydrogen-bond acceptors (Lipinski definition) is 5. The molecule has 0 amide bonds. The van der Waals surface area contributed by atoms with Crippen molar-refractivity contribution < 1.29 is 42.5 Å². The fourth-order valence-electron chi connectivity index (χ4n) is 0.211. The standard InChI is InChI=1S/CH4O9P2.2Cs.2K.4H/c2-1(9-11(3,4)5)10-12(6,7)8;;;;;;;;/h(H2,3,4,5)(H2,6,7,8);;;;;;;;. The van der Waals surface area contributed by atoms with Crippen LogP contribution in [0, 0.1) is 0 Å². The van der Waals surface area contributed by atoms with E-state index in [0.29, 0.717) is 0 Å². The summed E-state index contributed by atoms with van der Waals surface area (Å²) in [5.74, 6) is 0. The van der Waals surface area contributed by atoms with Crippen LogP contribution in [-0.2, 0) is 18.2 Å². The molecule has 16 heavy (non-hydrogen) atoms. The maximum absolute atomic E-state index is 10.0. The third-order valence-corrected chi connectivity index (χ3v) is 1.16. The quantitative estimate of drug-likeness (QED) is 0.198. The summed E-state index contributed by atoms with van der Waals surface area (Å²) in [6.45, 7) is 0. The van der Waals surface area contributed by atoms with Gasteiger partial charge in [-0.05, 0) is 0 Å². The van der Waals surface area contributed by atoms with E-state index >= 15 is 0 Å². The number of rotatable bonds is 2. The van der Waals surface area contributed by atoms with Crippen molar-refractivity contribution in [2.24, 2.45) is 0 Å². The van der Waals surface area contributed by atoms with Gasteiger partial charge in [0.25, 0.3) is 0 Å². The molecule has 80 valence electrons. The topological polar surface area (TPSA) is 151 Å². The van der Waals surface area contributed by atoms with Crippen LogP contribution in [0.15, 0.2) is 0 Å². The van der Waals surface area contributed by atoms with Crippen LogP contribution < -0.4 is 0 Å². The minimum absolute atomic E-state index is 0. The Balaban J connectivity index is -0.000000101. The average Bonchev–Trinajstić information content (AvgIpc) is 1.49. The molecule has 0 saturated carbocycles. The van der Waals surface area contributed by atoms with Crippen LogP contribution in [-0.4, -0.2) is 266 Å². The first-order valence-electron chi connectivity index (χ1n) is 2.14. The van der Waals surface area contributed by atoms with Gasteiger partial charge in [0.1, 0.15) is 0 Å². The van der Waals surface area contributed by atoms with E-state index in [0.717, 1.165) is 0 Å². The zero-order chi connectivity index (χ0) is 9.99. The summed E-state index contributed by atoms with van der Waals surface area (Å²) < 4.78 is 25.9. The van der Waals surface area contributed by atoms with Gasteiger partial charge in [-0.3, -0.25) is 19.6 Å². The molecule has 0 aromatic heterocycles. The van der Waals surface area contributed by atoms with E-state index in [2.05, 4.69) is 9.05 Å². The molecule has 0 aromatic rings. The summed E-state index contributed by atoms with van der Waals surface area (Å²) in [6, 6.07) is 0. The first kappa shape index (κ1) is 34.3. The molecule has 0 unspecified atom stereocenters. The molecule has 0 aliphatic carbocycles. The Kier molecular flexibility index (Phi) is 36.0. The van der Waals surface area contributed by atoms with Gasteiger partial charge in [-0.25, -0.2) is 13.9 Å². The molecule has 0 aliphatic rings. The molecule has 0 aliphatic heterocycles. The third kappa shape index (κ3) is 29.0. The van der Waals surface area contributed by atoms with Gasteiger partial charge in [0.05, 0.1) is 0 Å². The summed E-state index contributed by atoms with van der Waals surface area (Å²) in [7, 11) is -10.3. The second kappa shape index (κ2) is 16.8. The monoisotopic (exact) mass is 570 g/mol. The molecular weight excluding hydrogens is 562 g/mol. The van der Waals surface area contributed by atoms with Crippen molar-refractivity contribution in [3.05, 3.63) is 0 Å². The molecule has 4 N–H and O–H groups in total. The second-order valence-electron chi connectivity index (χ2n) is 1.41. The predicted octanol–water partition coefficient (Wildman–Crippen LogP) is -3.27. The van der Waals surface area contributed by atoms with Crippen molar-refractivity contribution in [1.29, 1.82) is 0 Å². The number of phosphoric acid groups is 2. The van der Waals surface area contributed by atoms with Gasteiger partial charge in [0.15, 0.2) is 0 Å². The molecule has 0 heterocycles. The molecule has 0 fully saturated rings. The molecule has 0 saturated heterocycles. The van der Waals surface area contributed by atoms with Crippen LogP contribution in [0.5, 0.6) is 0 Å². The second-order valence-corrected chi connectivity index (χ2v) is 3.74. The van der Waals surface area contributed by atoms with Crippen molar-refractivity contribution in [1.82, 2.24) is 0 Å². The van der Waals surface area contributed by atoms with Crippen molar-refractivity contribution in [2.75, 3.05) is 0 Å². The Labute approximate surface area is 294 Å². The van der Waals surface area contributed by atoms with Gasteiger partial charge in [0.2, 0.25) is 0 Å². The maximum atomic E-state index is 10.0. The molecule has 0 bridgehead atoms. The normalized spacial score (nSPS) is 9.25. The Morgan fingerprint density at radius 1 is 0.812 bits per heavy atom. The van der Waals surface area contributed by atoms with E-state index in [4.69, 9.17) is 19.6 Å². The van der Waals surface area contributed by atoms with Crippen molar-refractivity contribution >= 4 is 262 Å². The van der Waals surface area contributed by atoms with Gasteiger partial charge in [-0.1, -0.05) is 0 Å². The molecular formula is CH8Cs2K2O9P2. The molecule has 0 rings (SSSR count). The van der Waals surface area contributed by atoms with E-state index in [9.17, 15) is 13.9 Å². The van der Waals surface area contributed by atoms with E-state index in [1.165, 1.54) is 0 Å². The minimum atomic E-state index is -5.13. The van der Waals surface area contributed by atoms with Crippen molar-refractivity contribution in [3.8, 4) is 0 Å². The SMILES string of the molecule is O=C(OP(=O)(O)O)OP(=O)(O)O.[CsH].[CsH].[KH].[KH]. The van der Waals surface area contributed by atoms with Crippen LogP contribution in [0.2, 0.25) is 0 Å². The average molecular weight is 570 g/mol. The summed E-state index contributed by atoms with van der Waals surface area (Å²) in [5, 5.41) is 0. The molecule has 0 aromatic carbocycles. The fraction of sp³-hybridized carbons (Fsp3) is 0. The first-order valence-corrected chi connectivity index (χ1v) is 5.20. The van der Waals surface area contributed by atoms with Crippen molar-refractivity contribution in [2.45, 2.75) is 0 Å². The zero-order valence-electron chi connectivity index (χ0n) is 5.22. The van der Waals surface area contributed by atoms with Crippen LogP contribution in [0.3, 0.4) is 0 Å². The first-order chi connectivity index (χ1) is 5.10. The van der Waals surface area contributed by atoms with Crippen LogP contribution in [0.4, 0.5) is 4.79 Å². The number of carbonyl (C=O) groups is 1. The Hall–Kier alpha value is 6.95. The van der Waals surface area contributed by atoms with Gasteiger partial charge < -0.3 is 9.05 Å². The summed E-state index contributed by atoms with van der Waals surface area (Å²) >= 11 is 0. The Morgan fingerprint density at radius 3 is 1.12 bits per heavy atom. The van der Waals surface area contributed by atoms with E-state index in [1.54, 1.807) is 0 Å². The van der Waals surface area contributed by atoms with Crippen LogP contribution in [0.1, 0.15) is 0 Å². The van der Waals surface area contributed by atoms with Crippen LogP contribution >= 0.6 is 15.6 Å². The molecule has 0 radical (unpaired) electrons. The van der Waals surface area contributed by atoms with Gasteiger partial charge in [-0.15, -0.1) is 0 Å². The van der Waals surface area contributed by atoms with E-state index < -0.39 is 21.8 Å². The van der Waals surface area contributed by atoms with Gasteiger partial charge >= 0.3 is 262 Å².